The Bertz CT molecular complexity index is 775. The summed E-state index contributed by atoms with van der Waals surface area (Å²) in [5.74, 6) is 0. The lowest BCUT2D eigenvalue weighted by Gasteiger charge is -2.15. The molecule has 0 saturated heterocycles. The van der Waals surface area contributed by atoms with Gasteiger partial charge in [0.15, 0.2) is 5.11 Å². The summed E-state index contributed by atoms with van der Waals surface area (Å²) in [7, 11) is 0. The van der Waals surface area contributed by atoms with E-state index in [1.807, 2.05) is 36.4 Å². The molecule has 0 aliphatic heterocycles. The first-order chi connectivity index (χ1) is 12.7. The molecule has 1 aliphatic carbocycles. The lowest BCUT2D eigenvalue weighted by atomic mass is 9.97. The van der Waals surface area contributed by atoms with Gasteiger partial charge < -0.3 is 10.6 Å². The van der Waals surface area contributed by atoms with Crippen molar-refractivity contribution >= 4 is 46.4 Å². The Morgan fingerprint density at radius 3 is 2.81 bits per heavy atom. The van der Waals surface area contributed by atoms with Gasteiger partial charge in [-0.05, 0) is 80.7 Å². The lowest BCUT2D eigenvalue weighted by molar-refractivity contribution is 0.669. The summed E-state index contributed by atoms with van der Waals surface area (Å²) >= 11 is 13.0. The molecule has 0 amide bonds. The van der Waals surface area contributed by atoms with Crippen LogP contribution in [-0.2, 0) is 0 Å². The molecule has 0 spiro atoms. The third kappa shape index (κ3) is 6.01. The summed E-state index contributed by atoms with van der Waals surface area (Å²) in [5, 5.41) is 8.82. The van der Waals surface area contributed by atoms with E-state index in [2.05, 4.69) is 21.7 Å². The van der Waals surface area contributed by atoms with Crippen molar-refractivity contribution in [1.82, 2.24) is 10.3 Å². The predicted octanol–water partition coefficient (Wildman–Crippen LogP) is 6.06. The SMILES string of the molecule is S=C(NCCC1=CCCCC1)Nc1cccnc1Sc1ccc(Cl)cc1. The van der Waals surface area contributed by atoms with Crippen LogP contribution >= 0.6 is 35.6 Å². The highest BCUT2D eigenvalue weighted by molar-refractivity contribution is 7.99. The first-order valence-corrected chi connectivity index (χ1v) is 10.4. The minimum absolute atomic E-state index is 0.632. The molecule has 3 rings (SSSR count). The zero-order valence-corrected chi connectivity index (χ0v) is 16.9. The number of pyridine rings is 1. The van der Waals surface area contributed by atoms with E-state index in [-0.39, 0.29) is 0 Å². The monoisotopic (exact) mass is 403 g/mol. The van der Waals surface area contributed by atoms with Gasteiger partial charge in [-0.1, -0.05) is 35.0 Å². The highest BCUT2D eigenvalue weighted by atomic mass is 35.5. The molecule has 0 radical (unpaired) electrons. The van der Waals surface area contributed by atoms with Crippen LogP contribution in [0.2, 0.25) is 5.02 Å². The number of rotatable bonds is 6. The molecule has 3 nitrogen and oxygen atoms in total. The van der Waals surface area contributed by atoms with E-state index in [4.69, 9.17) is 23.8 Å². The second-order valence-electron chi connectivity index (χ2n) is 6.15. The molecule has 0 saturated carbocycles. The van der Waals surface area contributed by atoms with Gasteiger partial charge >= 0.3 is 0 Å². The van der Waals surface area contributed by atoms with Crippen molar-refractivity contribution in [1.29, 1.82) is 0 Å². The fourth-order valence-corrected chi connectivity index (χ4v) is 3.99. The number of hydrogen-bond acceptors (Lipinski definition) is 3. The van der Waals surface area contributed by atoms with Crippen LogP contribution in [0.4, 0.5) is 5.69 Å². The van der Waals surface area contributed by atoms with Gasteiger partial charge in [-0.15, -0.1) is 0 Å². The third-order valence-electron chi connectivity index (χ3n) is 4.16. The fraction of sp³-hybridized carbons (Fsp3) is 0.300. The number of aromatic nitrogens is 1. The number of hydrogen-bond donors (Lipinski definition) is 2. The van der Waals surface area contributed by atoms with Crippen LogP contribution in [0.3, 0.4) is 0 Å². The summed E-state index contributed by atoms with van der Waals surface area (Å²) in [6.07, 6.45) is 10.3. The van der Waals surface area contributed by atoms with Crippen LogP contribution in [0, 0.1) is 0 Å². The van der Waals surface area contributed by atoms with Crippen LogP contribution in [0.15, 0.2) is 64.2 Å². The van der Waals surface area contributed by atoms with E-state index >= 15 is 0 Å². The van der Waals surface area contributed by atoms with Crippen LogP contribution in [-0.4, -0.2) is 16.6 Å². The van der Waals surface area contributed by atoms with Crippen molar-refractivity contribution in [2.75, 3.05) is 11.9 Å². The molecule has 1 aliphatic rings. The predicted molar refractivity (Wildman–Crippen MR) is 115 cm³/mol. The molecule has 1 heterocycles. The van der Waals surface area contributed by atoms with Crippen LogP contribution in [0.25, 0.3) is 0 Å². The second kappa shape index (κ2) is 9.95. The van der Waals surface area contributed by atoms with Gasteiger partial charge in [-0.2, -0.15) is 0 Å². The number of allylic oxidation sites excluding steroid dienone is 1. The maximum Gasteiger partial charge on any atom is 0.170 e. The normalized spacial score (nSPS) is 13.8. The van der Waals surface area contributed by atoms with Gasteiger partial charge in [-0.3, -0.25) is 0 Å². The molecule has 0 bridgehead atoms. The Morgan fingerprint density at radius 2 is 2.04 bits per heavy atom. The molecule has 136 valence electrons. The molecule has 1 aromatic carbocycles. The van der Waals surface area contributed by atoms with E-state index < -0.39 is 0 Å². The largest absolute Gasteiger partial charge is 0.362 e. The Balaban J connectivity index is 1.54. The molecule has 0 atom stereocenters. The Kier molecular flexibility index (Phi) is 7.35. The highest BCUT2D eigenvalue weighted by Crippen LogP contribution is 2.32. The minimum Gasteiger partial charge on any atom is -0.362 e. The number of anilines is 1. The second-order valence-corrected chi connectivity index (χ2v) is 8.06. The first-order valence-electron chi connectivity index (χ1n) is 8.82. The van der Waals surface area contributed by atoms with Crippen molar-refractivity contribution in [3.8, 4) is 0 Å². The average Bonchev–Trinajstić information content (AvgIpc) is 2.66. The maximum atomic E-state index is 5.95. The van der Waals surface area contributed by atoms with Gasteiger partial charge in [0, 0.05) is 22.7 Å². The van der Waals surface area contributed by atoms with Crippen molar-refractivity contribution in [2.45, 2.75) is 42.0 Å². The van der Waals surface area contributed by atoms with Gasteiger partial charge in [0.25, 0.3) is 0 Å². The number of nitrogens with zero attached hydrogens (tertiary/aromatic N) is 1. The molecule has 2 aromatic rings. The van der Waals surface area contributed by atoms with Crippen LogP contribution < -0.4 is 10.6 Å². The van der Waals surface area contributed by atoms with Crippen molar-refractivity contribution in [3.63, 3.8) is 0 Å². The average molecular weight is 404 g/mol. The summed E-state index contributed by atoms with van der Waals surface area (Å²) in [6.45, 7) is 0.859. The van der Waals surface area contributed by atoms with Gasteiger partial charge in [0.05, 0.1) is 5.69 Å². The van der Waals surface area contributed by atoms with E-state index in [9.17, 15) is 0 Å². The Hall–Kier alpha value is -1.56. The van der Waals surface area contributed by atoms with Crippen molar-refractivity contribution < 1.29 is 0 Å². The van der Waals surface area contributed by atoms with Gasteiger partial charge in [0.2, 0.25) is 0 Å². The molecule has 1 aromatic heterocycles. The first kappa shape index (κ1) is 19.2. The molecule has 6 heteroatoms. The van der Waals surface area contributed by atoms with Crippen LogP contribution in [0.5, 0.6) is 0 Å². The molecule has 2 N–H and O–H groups in total. The zero-order valence-electron chi connectivity index (χ0n) is 14.5. The maximum absolute atomic E-state index is 5.95. The fourth-order valence-electron chi connectivity index (χ4n) is 2.82. The molecule has 26 heavy (non-hydrogen) atoms. The standard InChI is InChI=1S/C20H22ClN3S2/c21-16-8-10-17(11-9-16)26-19-18(7-4-13-22-19)24-20(25)23-14-12-15-5-2-1-3-6-15/h4-5,7-11,13H,1-3,6,12,14H2,(H2,23,24,25). The summed E-state index contributed by atoms with van der Waals surface area (Å²) < 4.78 is 0. The number of nitrogens with one attached hydrogen (secondary N) is 2. The summed E-state index contributed by atoms with van der Waals surface area (Å²) in [6, 6.07) is 11.6. The Labute approximate surface area is 169 Å². The zero-order chi connectivity index (χ0) is 18.2. The van der Waals surface area contributed by atoms with Crippen molar-refractivity contribution in [3.05, 3.63) is 59.3 Å². The number of halogens is 1. The third-order valence-corrected chi connectivity index (χ3v) is 5.69. The van der Waals surface area contributed by atoms with E-state index in [0.29, 0.717) is 5.11 Å². The van der Waals surface area contributed by atoms with Crippen molar-refractivity contribution in [2.24, 2.45) is 0 Å². The van der Waals surface area contributed by atoms with E-state index in [1.165, 1.54) is 25.7 Å². The minimum atomic E-state index is 0.632. The molecule has 0 fully saturated rings. The summed E-state index contributed by atoms with van der Waals surface area (Å²) in [4.78, 5) is 5.56. The van der Waals surface area contributed by atoms with Gasteiger partial charge in [-0.25, -0.2) is 4.98 Å². The lowest BCUT2D eigenvalue weighted by Crippen LogP contribution is -2.29. The smallest absolute Gasteiger partial charge is 0.170 e. The Morgan fingerprint density at radius 1 is 1.19 bits per heavy atom. The highest BCUT2D eigenvalue weighted by Gasteiger charge is 2.08. The number of benzene rings is 1. The molecular weight excluding hydrogens is 382 g/mol. The van der Waals surface area contributed by atoms with Crippen LogP contribution in [0.1, 0.15) is 32.1 Å². The van der Waals surface area contributed by atoms with E-state index in [1.54, 1.807) is 23.5 Å². The topological polar surface area (TPSA) is 37.0 Å². The molecule has 0 unspecified atom stereocenters. The number of thiocarbonyl (C=S) groups is 1. The summed E-state index contributed by atoms with van der Waals surface area (Å²) in [5.41, 5.74) is 2.45. The van der Waals surface area contributed by atoms with Gasteiger partial charge in [0.1, 0.15) is 5.03 Å². The molecular formula is C20H22ClN3S2. The quantitative estimate of drug-likeness (QED) is 0.452. The van der Waals surface area contributed by atoms with E-state index in [0.717, 1.165) is 33.6 Å².